The summed E-state index contributed by atoms with van der Waals surface area (Å²) in [6.45, 7) is 0. The number of ether oxygens (including phenoxy) is 1. The molecule has 0 bridgehead atoms. The maximum Gasteiger partial charge on any atom is 0.573 e. The van der Waals surface area contributed by atoms with E-state index < -0.39 is 12.3 Å². The Kier molecular flexibility index (Phi) is 4.30. The molecule has 2 aromatic rings. The summed E-state index contributed by atoms with van der Waals surface area (Å²) in [5.41, 5.74) is 2.00. The minimum Gasteiger partial charge on any atom is -0.457 e. The van der Waals surface area contributed by atoms with E-state index in [9.17, 15) is 18.0 Å². The number of carbonyl (C=O) groups excluding carboxylic acids is 1. The number of rotatable bonds is 3. The smallest absolute Gasteiger partial charge is 0.457 e. The molecule has 11 heteroatoms. The van der Waals surface area contributed by atoms with E-state index in [1.165, 1.54) is 40.9 Å². The summed E-state index contributed by atoms with van der Waals surface area (Å²) in [4.78, 5) is 16.0. The summed E-state index contributed by atoms with van der Waals surface area (Å²) in [6, 6.07) is 8.34. The van der Waals surface area contributed by atoms with Gasteiger partial charge < -0.3 is 9.15 Å². The Morgan fingerprint density at radius 3 is 2.64 bits per heavy atom. The number of fused-ring (bicyclic) bond motifs is 1. The lowest BCUT2D eigenvalue weighted by Gasteiger charge is -2.19. The maximum atomic E-state index is 12.2. The van der Waals surface area contributed by atoms with Crippen LogP contribution in [0.1, 0.15) is 5.76 Å². The first-order chi connectivity index (χ1) is 13.3. The Morgan fingerprint density at radius 1 is 1.18 bits per heavy atom. The molecule has 0 saturated carbocycles. The van der Waals surface area contributed by atoms with Crippen molar-refractivity contribution in [2.75, 3.05) is 0 Å². The molecule has 0 radical (unpaired) electrons. The molecule has 0 spiro atoms. The third-order valence-electron chi connectivity index (χ3n) is 3.68. The first kappa shape index (κ1) is 18.0. The van der Waals surface area contributed by atoms with Crippen molar-refractivity contribution in [3.05, 3.63) is 47.7 Å². The average Bonchev–Trinajstić information content (AvgIpc) is 3.27. The van der Waals surface area contributed by atoms with E-state index in [-0.39, 0.29) is 22.9 Å². The maximum absolute atomic E-state index is 12.2. The van der Waals surface area contributed by atoms with Crippen molar-refractivity contribution >= 4 is 40.3 Å². The van der Waals surface area contributed by atoms with Gasteiger partial charge in [-0.1, -0.05) is 0 Å². The molecule has 7 nitrogen and oxygen atoms in total. The van der Waals surface area contributed by atoms with Crippen LogP contribution < -0.4 is 4.74 Å². The highest BCUT2D eigenvalue weighted by molar-refractivity contribution is 8.25. The number of aliphatic imine (C=N–C) groups is 1. The predicted octanol–water partition coefficient (Wildman–Crippen LogP) is 4.09. The quantitative estimate of drug-likeness (QED) is 0.775. The Labute approximate surface area is 159 Å². The topological polar surface area (TPSA) is 91.2 Å². The van der Waals surface area contributed by atoms with Crippen LogP contribution in [0.3, 0.4) is 0 Å². The molecule has 0 aliphatic carbocycles. The molecule has 4 rings (SSSR count). The molecular formula is C17H9F3N4O3S. The molecule has 0 saturated heterocycles. The SMILES string of the molecule is N=C1/C(=C/c2ccc(-c3ccc(OC(F)(F)F)cc3)o2)C(=O)N=C2SC=NN12. The molecule has 1 amide bonds. The number of hydrazone groups is 1. The van der Waals surface area contributed by atoms with Gasteiger partial charge in [0.2, 0.25) is 0 Å². The molecule has 0 unspecified atom stereocenters. The van der Waals surface area contributed by atoms with Crippen LogP contribution in [0.4, 0.5) is 13.2 Å². The highest BCUT2D eigenvalue weighted by atomic mass is 32.2. The van der Waals surface area contributed by atoms with Crippen LogP contribution in [0.5, 0.6) is 5.75 Å². The number of nitrogens with zero attached hydrogens (tertiary/aromatic N) is 3. The summed E-state index contributed by atoms with van der Waals surface area (Å²) in [5.74, 6) is -0.389. The number of furan rings is 1. The van der Waals surface area contributed by atoms with Gasteiger partial charge in [-0.25, -0.2) is 0 Å². The first-order valence-corrected chi connectivity index (χ1v) is 8.57. The zero-order chi connectivity index (χ0) is 19.9. The minimum absolute atomic E-state index is 0.0122. The largest absolute Gasteiger partial charge is 0.573 e. The molecule has 28 heavy (non-hydrogen) atoms. The second-order valence-electron chi connectivity index (χ2n) is 5.53. The van der Waals surface area contributed by atoms with Gasteiger partial charge in [0, 0.05) is 5.56 Å². The van der Waals surface area contributed by atoms with E-state index in [0.29, 0.717) is 16.5 Å². The molecular weight excluding hydrogens is 397 g/mol. The molecule has 1 aromatic heterocycles. The molecule has 1 N–H and O–H groups in total. The Balaban J connectivity index is 1.56. The summed E-state index contributed by atoms with van der Waals surface area (Å²) >= 11 is 1.14. The van der Waals surface area contributed by atoms with Gasteiger partial charge in [0.05, 0.1) is 11.1 Å². The van der Waals surface area contributed by atoms with Crippen molar-refractivity contribution in [1.29, 1.82) is 5.41 Å². The van der Waals surface area contributed by atoms with Crippen LogP contribution in [0.15, 0.2) is 56.5 Å². The second kappa shape index (κ2) is 6.68. The lowest BCUT2D eigenvalue weighted by molar-refractivity contribution is -0.274. The van der Waals surface area contributed by atoms with Gasteiger partial charge >= 0.3 is 6.36 Å². The monoisotopic (exact) mass is 406 g/mol. The fourth-order valence-corrected chi connectivity index (χ4v) is 3.10. The highest BCUT2D eigenvalue weighted by Gasteiger charge is 2.33. The van der Waals surface area contributed by atoms with Crippen molar-refractivity contribution in [1.82, 2.24) is 5.01 Å². The van der Waals surface area contributed by atoms with Crippen molar-refractivity contribution in [3.8, 4) is 17.1 Å². The summed E-state index contributed by atoms with van der Waals surface area (Å²) in [6.07, 6.45) is -3.39. The van der Waals surface area contributed by atoms with E-state index in [1.807, 2.05) is 0 Å². The summed E-state index contributed by atoms with van der Waals surface area (Å²) in [5, 5.41) is 13.6. The molecule has 3 heterocycles. The zero-order valence-corrected chi connectivity index (χ0v) is 14.5. The van der Waals surface area contributed by atoms with Crippen LogP contribution in [0, 0.1) is 5.41 Å². The number of hydrogen-bond acceptors (Lipinski definition) is 6. The molecule has 2 aliphatic heterocycles. The van der Waals surface area contributed by atoms with E-state index in [2.05, 4.69) is 14.8 Å². The first-order valence-electron chi connectivity index (χ1n) is 7.69. The molecule has 2 aliphatic rings. The lowest BCUT2D eigenvalue weighted by Crippen LogP contribution is -2.35. The zero-order valence-electron chi connectivity index (χ0n) is 13.7. The molecule has 0 fully saturated rings. The Bertz CT molecular complexity index is 1050. The van der Waals surface area contributed by atoms with Gasteiger partial charge in [0.1, 0.15) is 17.3 Å². The summed E-state index contributed by atoms with van der Waals surface area (Å²) < 4.78 is 46.1. The number of benzene rings is 1. The van der Waals surface area contributed by atoms with Crippen molar-refractivity contribution in [3.63, 3.8) is 0 Å². The Morgan fingerprint density at radius 2 is 1.93 bits per heavy atom. The summed E-state index contributed by atoms with van der Waals surface area (Å²) in [7, 11) is 0. The number of thioether (sulfide) groups is 1. The van der Waals surface area contributed by atoms with E-state index in [1.54, 1.807) is 12.1 Å². The van der Waals surface area contributed by atoms with Crippen LogP contribution >= 0.6 is 11.8 Å². The van der Waals surface area contributed by atoms with Gasteiger partial charge in [-0.2, -0.15) is 15.1 Å². The van der Waals surface area contributed by atoms with E-state index in [0.717, 1.165) is 11.8 Å². The molecule has 142 valence electrons. The number of alkyl halides is 3. The Hall–Kier alpha value is -3.34. The van der Waals surface area contributed by atoms with Crippen molar-refractivity contribution < 1.29 is 27.1 Å². The number of halogens is 3. The van der Waals surface area contributed by atoms with Crippen LogP contribution in [-0.4, -0.2) is 33.8 Å². The fraction of sp³-hybridized carbons (Fsp3) is 0.0588. The number of nitrogens with one attached hydrogen (secondary N) is 1. The lowest BCUT2D eigenvalue weighted by atomic mass is 10.1. The number of amides is 1. The standard InChI is InChI=1S/C17H9F3N4O3S/c18-17(19,20)27-10-3-1-9(2-4-10)13-6-5-11(26-13)7-12-14(21)24-16(23-15(12)25)28-8-22-24/h1-8,21H/b12-7-,21-14?. The van der Waals surface area contributed by atoms with Crippen LogP contribution in [-0.2, 0) is 4.79 Å². The third kappa shape index (κ3) is 3.56. The van der Waals surface area contributed by atoms with Gasteiger partial charge in [0.25, 0.3) is 5.91 Å². The van der Waals surface area contributed by atoms with E-state index in [4.69, 9.17) is 9.83 Å². The highest BCUT2D eigenvalue weighted by Crippen LogP contribution is 2.29. The van der Waals surface area contributed by atoms with Gasteiger partial charge in [-0.3, -0.25) is 10.2 Å². The third-order valence-corrected chi connectivity index (χ3v) is 4.36. The van der Waals surface area contributed by atoms with Gasteiger partial charge in [-0.05, 0) is 54.2 Å². The number of carbonyl (C=O) groups is 1. The van der Waals surface area contributed by atoms with Gasteiger partial charge in [0.15, 0.2) is 11.0 Å². The normalized spacial score (nSPS) is 17.9. The minimum atomic E-state index is -4.76. The number of hydrogen-bond donors (Lipinski definition) is 1. The predicted molar refractivity (Wildman–Crippen MR) is 96.9 cm³/mol. The van der Waals surface area contributed by atoms with E-state index >= 15 is 0 Å². The van der Waals surface area contributed by atoms with Crippen molar-refractivity contribution in [2.24, 2.45) is 10.1 Å². The number of amidine groups is 2. The van der Waals surface area contributed by atoms with Crippen LogP contribution in [0.25, 0.3) is 17.4 Å². The van der Waals surface area contributed by atoms with Crippen molar-refractivity contribution in [2.45, 2.75) is 6.36 Å². The molecule has 0 atom stereocenters. The van der Waals surface area contributed by atoms with Gasteiger partial charge in [-0.15, -0.1) is 13.2 Å². The van der Waals surface area contributed by atoms with Crippen LogP contribution in [0.2, 0.25) is 0 Å². The average molecular weight is 406 g/mol. The molecule has 1 aromatic carbocycles. The second-order valence-corrected chi connectivity index (χ2v) is 6.34. The fourth-order valence-electron chi connectivity index (χ4n) is 2.49.